The van der Waals surface area contributed by atoms with Gasteiger partial charge in [-0.1, -0.05) is 15.9 Å². The molecule has 0 aliphatic rings. The van der Waals surface area contributed by atoms with Crippen LogP contribution in [0.2, 0.25) is 0 Å². The third-order valence-electron chi connectivity index (χ3n) is 2.79. The summed E-state index contributed by atoms with van der Waals surface area (Å²) in [7, 11) is 0. The van der Waals surface area contributed by atoms with Crippen molar-refractivity contribution >= 4 is 21.6 Å². The second-order valence-electron chi connectivity index (χ2n) is 4.38. The standard InChI is InChI=1S/C14H10BrF4NO/c1-7-4-13(10(16)6-11(7)20)21-12-5-8(15)2-3-9(12)14(17,18)19/h2-6H,20H2,1H3. The zero-order valence-electron chi connectivity index (χ0n) is 10.8. The smallest absolute Gasteiger partial charge is 0.419 e. The molecule has 2 nitrogen and oxygen atoms in total. The lowest BCUT2D eigenvalue weighted by atomic mass is 10.1. The number of hydrogen-bond acceptors (Lipinski definition) is 2. The van der Waals surface area contributed by atoms with Crippen molar-refractivity contribution in [1.29, 1.82) is 0 Å². The molecule has 2 aromatic rings. The summed E-state index contributed by atoms with van der Waals surface area (Å²) in [6.45, 7) is 1.60. The van der Waals surface area contributed by atoms with Crippen LogP contribution >= 0.6 is 15.9 Å². The second kappa shape index (κ2) is 5.55. The summed E-state index contributed by atoms with van der Waals surface area (Å²) in [5.74, 6) is -1.63. The maximum Gasteiger partial charge on any atom is 0.419 e. The van der Waals surface area contributed by atoms with E-state index >= 15 is 0 Å². The molecule has 2 aromatic carbocycles. The number of hydrogen-bond donors (Lipinski definition) is 1. The second-order valence-corrected chi connectivity index (χ2v) is 5.30. The largest absolute Gasteiger partial charge is 0.454 e. The average molecular weight is 364 g/mol. The third kappa shape index (κ3) is 3.47. The van der Waals surface area contributed by atoms with Gasteiger partial charge in [-0.3, -0.25) is 0 Å². The zero-order chi connectivity index (χ0) is 15.8. The molecule has 0 unspecified atom stereocenters. The van der Waals surface area contributed by atoms with Crippen LogP contribution in [0.5, 0.6) is 11.5 Å². The summed E-state index contributed by atoms with van der Waals surface area (Å²) in [5.41, 5.74) is 5.25. The number of alkyl halides is 3. The average Bonchev–Trinajstić information content (AvgIpc) is 2.34. The van der Waals surface area contributed by atoms with Crippen LogP contribution in [0.3, 0.4) is 0 Å². The molecule has 0 aromatic heterocycles. The van der Waals surface area contributed by atoms with Crippen LogP contribution in [0.25, 0.3) is 0 Å². The Hall–Kier alpha value is -1.76. The van der Waals surface area contributed by atoms with Crippen LogP contribution in [0, 0.1) is 12.7 Å². The predicted octanol–water partition coefficient (Wildman–Crippen LogP) is 5.29. The molecule has 0 aliphatic carbocycles. The minimum atomic E-state index is -4.60. The molecule has 0 saturated carbocycles. The molecular formula is C14H10BrF4NO. The minimum Gasteiger partial charge on any atom is -0.454 e. The highest BCUT2D eigenvalue weighted by molar-refractivity contribution is 9.10. The predicted molar refractivity (Wildman–Crippen MR) is 74.8 cm³/mol. The van der Waals surface area contributed by atoms with Crippen LogP contribution in [-0.4, -0.2) is 0 Å². The van der Waals surface area contributed by atoms with Gasteiger partial charge in [0.2, 0.25) is 0 Å². The summed E-state index contributed by atoms with van der Waals surface area (Å²) in [6, 6.07) is 5.50. The third-order valence-corrected chi connectivity index (χ3v) is 3.28. The molecule has 2 rings (SSSR count). The van der Waals surface area contributed by atoms with Crippen molar-refractivity contribution in [2.45, 2.75) is 13.1 Å². The molecule has 112 valence electrons. The molecule has 21 heavy (non-hydrogen) atoms. The molecule has 2 N–H and O–H groups in total. The van der Waals surface area contributed by atoms with E-state index in [4.69, 9.17) is 10.5 Å². The first-order valence-corrected chi connectivity index (χ1v) is 6.58. The number of aryl methyl sites for hydroxylation is 1. The number of nitrogen functional groups attached to an aromatic ring is 1. The maximum atomic E-state index is 13.7. The first-order chi connectivity index (χ1) is 9.68. The van der Waals surface area contributed by atoms with Gasteiger partial charge in [-0.15, -0.1) is 0 Å². The van der Waals surface area contributed by atoms with Crippen molar-refractivity contribution in [3.63, 3.8) is 0 Å². The van der Waals surface area contributed by atoms with Crippen molar-refractivity contribution in [2.75, 3.05) is 5.73 Å². The topological polar surface area (TPSA) is 35.2 Å². The van der Waals surface area contributed by atoms with E-state index in [1.54, 1.807) is 6.92 Å². The van der Waals surface area contributed by atoms with Crippen LogP contribution < -0.4 is 10.5 Å². The molecule has 0 saturated heterocycles. The quantitative estimate of drug-likeness (QED) is 0.581. The molecule has 0 fully saturated rings. The Morgan fingerprint density at radius 2 is 1.76 bits per heavy atom. The van der Waals surface area contributed by atoms with Crippen molar-refractivity contribution in [2.24, 2.45) is 0 Å². The van der Waals surface area contributed by atoms with Crippen molar-refractivity contribution in [3.8, 4) is 11.5 Å². The lowest BCUT2D eigenvalue weighted by Gasteiger charge is -2.15. The van der Waals surface area contributed by atoms with Crippen LogP contribution in [0.1, 0.15) is 11.1 Å². The zero-order valence-corrected chi connectivity index (χ0v) is 12.3. The number of nitrogens with two attached hydrogens (primary N) is 1. The highest BCUT2D eigenvalue weighted by Crippen LogP contribution is 2.40. The minimum absolute atomic E-state index is 0.199. The number of anilines is 1. The van der Waals surface area contributed by atoms with Gasteiger partial charge in [0.05, 0.1) is 5.56 Å². The fourth-order valence-electron chi connectivity index (χ4n) is 1.68. The van der Waals surface area contributed by atoms with Crippen LogP contribution in [0.15, 0.2) is 34.8 Å². The molecule has 0 bridgehead atoms. The lowest BCUT2D eigenvalue weighted by molar-refractivity contribution is -0.138. The van der Waals surface area contributed by atoms with Gasteiger partial charge < -0.3 is 10.5 Å². The monoisotopic (exact) mass is 363 g/mol. The number of ether oxygens (including phenoxy) is 1. The molecule has 0 spiro atoms. The number of halogens is 5. The van der Waals surface area contributed by atoms with Gasteiger partial charge in [-0.2, -0.15) is 13.2 Å². The first kappa shape index (κ1) is 15.6. The summed E-state index contributed by atoms with van der Waals surface area (Å²) < 4.78 is 58.0. The summed E-state index contributed by atoms with van der Waals surface area (Å²) in [6.07, 6.45) is -4.60. The van der Waals surface area contributed by atoms with E-state index < -0.39 is 23.3 Å². The van der Waals surface area contributed by atoms with Gasteiger partial charge in [0.15, 0.2) is 11.6 Å². The molecule has 7 heteroatoms. The normalized spacial score (nSPS) is 11.5. The Morgan fingerprint density at radius 1 is 1.10 bits per heavy atom. The molecule has 0 heterocycles. The Labute approximate surface area is 126 Å². The van der Waals surface area contributed by atoms with Gasteiger partial charge in [0.25, 0.3) is 0 Å². The van der Waals surface area contributed by atoms with Crippen molar-refractivity contribution in [1.82, 2.24) is 0 Å². The fraction of sp³-hybridized carbons (Fsp3) is 0.143. The van der Waals surface area contributed by atoms with Gasteiger partial charge >= 0.3 is 6.18 Å². The molecule has 0 atom stereocenters. The van der Waals surface area contributed by atoms with E-state index in [0.29, 0.717) is 10.0 Å². The molecule has 0 radical (unpaired) electrons. The van der Waals surface area contributed by atoms with E-state index in [0.717, 1.165) is 18.2 Å². The Bertz CT molecular complexity index is 685. The molecular weight excluding hydrogens is 354 g/mol. The van der Waals surface area contributed by atoms with E-state index in [2.05, 4.69) is 15.9 Å². The Kier molecular flexibility index (Phi) is 4.13. The van der Waals surface area contributed by atoms with Gasteiger partial charge in [0.1, 0.15) is 5.75 Å². The number of rotatable bonds is 2. The molecule has 0 amide bonds. The molecule has 0 aliphatic heterocycles. The van der Waals surface area contributed by atoms with E-state index in [9.17, 15) is 17.6 Å². The van der Waals surface area contributed by atoms with Crippen LogP contribution in [0.4, 0.5) is 23.2 Å². The summed E-state index contributed by atoms with van der Waals surface area (Å²) in [5, 5.41) is 0. The number of benzene rings is 2. The van der Waals surface area contributed by atoms with E-state index in [1.807, 2.05) is 0 Å². The first-order valence-electron chi connectivity index (χ1n) is 5.78. The van der Waals surface area contributed by atoms with E-state index in [-0.39, 0.29) is 11.4 Å². The van der Waals surface area contributed by atoms with Gasteiger partial charge in [-0.05, 0) is 36.8 Å². The van der Waals surface area contributed by atoms with E-state index in [1.165, 1.54) is 12.1 Å². The Morgan fingerprint density at radius 3 is 2.38 bits per heavy atom. The Balaban J connectivity index is 2.49. The lowest BCUT2D eigenvalue weighted by Crippen LogP contribution is -2.07. The SMILES string of the molecule is Cc1cc(Oc2cc(Br)ccc2C(F)(F)F)c(F)cc1N. The highest BCUT2D eigenvalue weighted by atomic mass is 79.9. The fourth-order valence-corrected chi connectivity index (χ4v) is 2.02. The van der Waals surface area contributed by atoms with Crippen molar-refractivity contribution < 1.29 is 22.3 Å². The van der Waals surface area contributed by atoms with Crippen molar-refractivity contribution in [3.05, 3.63) is 51.7 Å². The summed E-state index contributed by atoms with van der Waals surface area (Å²) >= 11 is 3.06. The highest BCUT2D eigenvalue weighted by Gasteiger charge is 2.34. The van der Waals surface area contributed by atoms with Crippen LogP contribution in [-0.2, 0) is 6.18 Å². The summed E-state index contributed by atoms with van der Waals surface area (Å²) in [4.78, 5) is 0. The maximum absolute atomic E-state index is 13.7. The van der Waals surface area contributed by atoms with Gasteiger partial charge in [-0.25, -0.2) is 4.39 Å². The van der Waals surface area contributed by atoms with Gasteiger partial charge in [0, 0.05) is 16.2 Å².